The van der Waals surface area contributed by atoms with Crippen molar-refractivity contribution in [2.75, 3.05) is 0 Å². The van der Waals surface area contributed by atoms with Crippen molar-refractivity contribution in [3.8, 4) is 0 Å². The summed E-state index contributed by atoms with van der Waals surface area (Å²) in [5.41, 5.74) is 0. The van der Waals surface area contributed by atoms with Gasteiger partial charge in [0.2, 0.25) is 0 Å². The van der Waals surface area contributed by atoms with Crippen LogP contribution in [0.2, 0.25) is 0 Å². The predicted molar refractivity (Wildman–Crippen MR) is 124 cm³/mol. The molecule has 0 rings (SSSR count). The van der Waals surface area contributed by atoms with Gasteiger partial charge in [-0.2, -0.15) is 0 Å². The molecule has 0 saturated heterocycles. The van der Waals surface area contributed by atoms with Crippen LogP contribution < -0.4 is 0 Å². The minimum Gasteiger partial charge on any atom is -0.481 e. The maximum Gasteiger partial charge on any atom is 0.303 e. The molecule has 0 amide bonds. The van der Waals surface area contributed by atoms with E-state index < -0.39 is 5.97 Å². The molecule has 162 valence electrons. The van der Waals surface area contributed by atoms with Crippen LogP contribution in [-0.4, -0.2) is 11.1 Å². The second-order valence-electron chi connectivity index (χ2n) is 7.85. The second kappa shape index (κ2) is 23.7. The zero-order chi connectivity index (χ0) is 20.5. The summed E-state index contributed by atoms with van der Waals surface area (Å²) in [5, 5.41) is 8.54. The molecule has 2 nitrogen and oxygen atoms in total. The molecular weight excluding hydrogens is 344 g/mol. The average Bonchev–Trinajstić information content (AvgIpc) is 2.68. The minimum absolute atomic E-state index is 0.268. The third kappa shape index (κ3) is 24.7. The summed E-state index contributed by atoms with van der Waals surface area (Å²) in [7, 11) is 0. The summed E-state index contributed by atoms with van der Waals surface area (Å²) in [6.07, 6.45) is 35.2. The molecule has 0 bridgehead atoms. The van der Waals surface area contributed by atoms with Crippen LogP contribution in [0.4, 0.5) is 0 Å². The Morgan fingerprint density at radius 3 is 1.43 bits per heavy atom. The van der Waals surface area contributed by atoms with Crippen molar-refractivity contribution < 1.29 is 9.90 Å². The molecule has 0 heterocycles. The molecule has 0 aliphatic rings. The van der Waals surface area contributed by atoms with E-state index >= 15 is 0 Å². The number of allylic oxidation sites excluding steroid dienone is 6. The van der Waals surface area contributed by atoms with E-state index in [-0.39, 0.29) is 6.42 Å². The lowest BCUT2D eigenvalue weighted by Gasteiger charge is -2.02. The molecule has 0 unspecified atom stereocenters. The highest BCUT2D eigenvalue weighted by atomic mass is 16.4. The lowest BCUT2D eigenvalue weighted by Crippen LogP contribution is -1.92. The van der Waals surface area contributed by atoms with Crippen molar-refractivity contribution >= 4 is 5.97 Å². The quantitative estimate of drug-likeness (QED) is 0.157. The van der Waals surface area contributed by atoms with E-state index in [2.05, 4.69) is 43.4 Å². The summed E-state index contributed by atoms with van der Waals surface area (Å²) >= 11 is 0. The highest BCUT2D eigenvalue weighted by Crippen LogP contribution is 2.12. The van der Waals surface area contributed by atoms with Crippen LogP contribution in [0.3, 0.4) is 0 Å². The van der Waals surface area contributed by atoms with E-state index in [9.17, 15) is 4.79 Å². The lowest BCUT2D eigenvalue weighted by atomic mass is 10.0. The minimum atomic E-state index is -0.705. The first kappa shape index (κ1) is 26.7. The first-order chi connectivity index (χ1) is 13.8. The number of carboxylic acids is 1. The van der Waals surface area contributed by atoms with Crippen LogP contribution in [-0.2, 0) is 4.79 Å². The molecule has 0 aliphatic heterocycles. The maximum absolute atomic E-state index is 10.4. The maximum atomic E-state index is 10.4. The molecule has 0 radical (unpaired) electrons. The summed E-state index contributed by atoms with van der Waals surface area (Å²) in [6.45, 7) is 2.28. The van der Waals surface area contributed by atoms with Gasteiger partial charge in [-0.05, 0) is 38.5 Å². The summed E-state index contributed by atoms with van der Waals surface area (Å²) in [6, 6.07) is 0. The van der Waals surface area contributed by atoms with Gasteiger partial charge in [-0.1, -0.05) is 114 Å². The fraction of sp³-hybridized carbons (Fsp3) is 0.731. The van der Waals surface area contributed by atoms with Crippen molar-refractivity contribution in [2.45, 2.75) is 122 Å². The summed E-state index contributed by atoms with van der Waals surface area (Å²) in [5.74, 6) is -0.705. The van der Waals surface area contributed by atoms with Gasteiger partial charge in [0.1, 0.15) is 0 Å². The number of aliphatic carboxylic acids is 1. The van der Waals surface area contributed by atoms with Gasteiger partial charge < -0.3 is 5.11 Å². The molecule has 0 aromatic rings. The van der Waals surface area contributed by atoms with E-state index in [4.69, 9.17) is 5.11 Å². The van der Waals surface area contributed by atoms with E-state index in [1.165, 1.54) is 83.5 Å². The van der Waals surface area contributed by atoms with Gasteiger partial charge >= 0.3 is 5.97 Å². The molecule has 0 spiro atoms. The van der Waals surface area contributed by atoms with Crippen LogP contribution in [0.25, 0.3) is 0 Å². The SMILES string of the molecule is CCCCCCCCCCCCCCC=CCC=CCC=CCCCC(=O)O. The van der Waals surface area contributed by atoms with Crippen LogP contribution in [0.15, 0.2) is 36.5 Å². The Labute approximate surface area is 175 Å². The van der Waals surface area contributed by atoms with Gasteiger partial charge in [0, 0.05) is 6.42 Å². The van der Waals surface area contributed by atoms with Gasteiger partial charge in [0.05, 0.1) is 0 Å². The van der Waals surface area contributed by atoms with Crippen molar-refractivity contribution in [1.29, 1.82) is 0 Å². The van der Waals surface area contributed by atoms with E-state index in [1.54, 1.807) is 0 Å². The number of rotatable bonds is 21. The van der Waals surface area contributed by atoms with Crippen LogP contribution in [0, 0.1) is 0 Å². The predicted octanol–water partition coefficient (Wildman–Crippen LogP) is 8.78. The Bertz CT molecular complexity index is 407. The number of hydrogen-bond donors (Lipinski definition) is 1. The Kier molecular flexibility index (Phi) is 22.6. The Balaban J connectivity index is 3.23. The number of carbonyl (C=O) groups is 1. The Morgan fingerprint density at radius 1 is 0.571 bits per heavy atom. The molecule has 0 fully saturated rings. The fourth-order valence-electron chi connectivity index (χ4n) is 3.25. The van der Waals surface area contributed by atoms with E-state index in [1.807, 2.05) is 0 Å². The number of hydrogen-bond acceptors (Lipinski definition) is 1. The normalized spacial score (nSPS) is 12.0. The molecule has 28 heavy (non-hydrogen) atoms. The van der Waals surface area contributed by atoms with Crippen LogP contribution in [0.1, 0.15) is 122 Å². The number of unbranched alkanes of at least 4 members (excludes halogenated alkanes) is 13. The summed E-state index contributed by atoms with van der Waals surface area (Å²) < 4.78 is 0. The molecule has 0 aliphatic carbocycles. The van der Waals surface area contributed by atoms with Crippen LogP contribution in [0.5, 0.6) is 0 Å². The smallest absolute Gasteiger partial charge is 0.303 e. The lowest BCUT2D eigenvalue weighted by molar-refractivity contribution is -0.137. The van der Waals surface area contributed by atoms with Gasteiger partial charge in [-0.3, -0.25) is 4.79 Å². The van der Waals surface area contributed by atoms with Gasteiger partial charge in [-0.15, -0.1) is 0 Å². The van der Waals surface area contributed by atoms with Gasteiger partial charge in [0.25, 0.3) is 0 Å². The second-order valence-corrected chi connectivity index (χ2v) is 7.85. The van der Waals surface area contributed by atoms with Crippen LogP contribution >= 0.6 is 0 Å². The molecule has 1 N–H and O–H groups in total. The molecule has 0 aromatic heterocycles. The molecule has 0 aromatic carbocycles. The first-order valence-corrected chi connectivity index (χ1v) is 11.9. The largest absolute Gasteiger partial charge is 0.481 e. The zero-order valence-corrected chi connectivity index (χ0v) is 18.5. The van der Waals surface area contributed by atoms with Crippen molar-refractivity contribution in [2.24, 2.45) is 0 Å². The fourth-order valence-corrected chi connectivity index (χ4v) is 3.25. The third-order valence-electron chi connectivity index (χ3n) is 5.03. The van der Waals surface area contributed by atoms with Gasteiger partial charge in [0.15, 0.2) is 0 Å². The van der Waals surface area contributed by atoms with Crippen molar-refractivity contribution in [1.82, 2.24) is 0 Å². The summed E-state index contributed by atoms with van der Waals surface area (Å²) in [4.78, 5) is 10.4. The molecular formula is C26H46O2. The van der Waals surface area contributed by atoms with E-state index in [0.717, 1.165) is 25.7 Å². The topological polar surface area (TPSA) is 37.3 Å². The molecule has 2 heteroatoms. The highest BCUT2D eigenvalue weighted by Gasteiger charge is 1.93. The third-order valence-corrected chi connectivity index (χ3v) is 5.03. The standard InChI is InChI=1S/C26H46O2/c1-2-3-4-5-6-7-8-9-10-11-12-13-14-15-16-17-18-19-20-21-22-23-24-25-26(27)28/h15-16,18-19,21-22H,2-14,17,20,23-25H2,1H3,(H,27,28). The van der Waals surface area contributed by atoms with Crippen molar-refractivity contribution in [3.63, 3.8) is 0 Å². The Morgan fingerprint density at radius 2 is 0.964 bits per heavy atom. The van der Waals surface area contributed by atoms with E-state index in [0.29, 0.717) is 0 Å². The first-order valence-electron chi connectivity index (χ1n) is 11.9. The molecule has 0 atom stereocenters. The zero-order valence-electron chi connectivity index (χ0n) is 18.5. The monoisotopic (exact) mass is 390 g/mol. The highest BCUT2D eigenvalue weighted by molar-refractivity contribution is 5.66. The Hall–Kier alpha value is -1.31. The average molecular weight is 391 g/mol. The van der Waals surface area contributed by atoms with Gasteiger partial charge in [-0.25, -0.2) is 0 Å². The number of carboxylic acid groups (broad SMARTS) is 1. The van der Waals surface area contributed by atoms with Crippen molar-refractivity contribution in [3.05, 3.63) is 36.5 Å². The molecule has 0 saturated carbocycles.